The average Bonchev–Trinajstić information content (AvgIpc) is 3.19. The fraction of sp³-hybridized carbons (Fsp3) is 0.481. The number of nitrogens with one attached hydrogen (secondary N) is 4. The van der Waals surface area contributed by atoms with Crippen LogP contribution in [0.15, 0.2) is 48.5 Å². The maximum atomic E-state index is 13.4. The summed E-state index contributed by atoms with van der Waals surface area (Å²) < 4.78 is 0. The van der Waals surface area contributed by atoms with Crippen LogP contribution in [-0.2, 0) is 10.2 Å². The van der Waals surface area contributed by atoms with E-state index < -0.39 is 0 Å². The molecule has 4 aliphatic rings. The first-order valence-electron chi connectivity index (χ1n) is 12.7. The lowest BCUT2D eigenvalue weighted by molar-refractivity contribution is -0.133. The number of hydrogen-bond donors (Lipinski definition) is 4. The third-order valence-electron chi connectivity index (χ3n) is 8.49. The second-order valence-corrected chi connectivity index (χ2v) is 10.4. The van der Waals surface area contributed by atoms with E-state index >= 15 is 0 Å². The van der Waals surface area contributed by atoms with E-state index in [1.54, 1.807) is 0 Å². The molecule has 2 saturated heterocycles. The Hall–Kier alpha value is -2.90. The predicted molar refractivity (Wildman–Crippen MR) is 132 cm³/mol. The van der Waals surface area contributed by atoms with Crippen molar-refractivity contribution >= 4 is 23.3 Å². The summed E-state index contributed by atoms with van der Waals surface area (Å²) in [4.78, 5) is 27.5. The van der Waals surface area contributed by atoms with Crippen LogP contribution in [-0.4, -0.2) is 31.6 Å². The summed E-state index contributed by atoms with van der Waals surface area (Å²) in [5, 5.41) is 6.58. The van der Waals surface area contributed by atoms with Gasteiger partial charge in [0.2, 0.25) is 5.91 Å². The number of piperidine rings is 1. The van der Waals surface area contributed by atoms with Gasteiger partial charge in [-0.3, -0.25) is 15.1 Å². The van der Waals surface area contributed by atoms with Crippen molar-refractivity contribution in [3.8, 4) is 0 Å². The van der Waals surface area contributed by atoms with Crippen LogP contribution in [0.5, 0.6) is 0 Å². The molecule has 6 rings (SSSR count). The Morgan fingerprint density at radius 2 is 1.76 bits per heavy atom. The number of rotatable bonds is 2. The van der Waals surface area contributed by atoms with Gasteiger partial charge in [-0.25, -0.2) is 10.2 Å². The smallest absolute Gasteiger partial charge is 0.317 e. The number of nitrogens with zero attached hydrogens (tertiary/aromatic N) is 1. The molecule has 7 nitrogen and oxygen atoms in total. The van der Waals surface area contributed by atoms with Crippen LogP contribution in [0.1, 0.15) is 55.7 Å². The zero-order valence-corrected chi connectivity index (χ0v) is 19.5. The standard InChI is InChI=1S/C27H33N5O2/c33-25-21-6-2-1-5-20(21)24(30-31-25)18-9-11-19(12-10-18)29-26(34)32-17-27(13-15-28-16-14-27)22-7-3-4-8-23(22)32/h3-4,7-12,20-21,24,28,30H,1-2,5-6,13-17H2,(H,29,34)(H,31,33). The highest BCUT2D eigenvalue weighted by Crippen LogP contribution is 2.46. The first kappa shape index (κ1) is 21.6. The van der Waals surface area contributed by atoms with Gasteiger partial charge in [0.05, 0.1) is 6.04 Å². The van der Waals surface area contributed by atoms with Crippen LogP contribution < -0.4 is 26.4 Å². The van der Waals surface area contributed by atoms with Crippen molar-refractivity contribution < 1.29 is 9.59 Å². The van der Waals surface area contributed by atoms with Gasteiger partial charge in [0, 0.05) is 29.3 Å². The SMILES string of the molecule is O=C1NNC(c2ccc(NC(=O)N3CC4(CCNCC4)c4ccccc43)cc2)C2CCCCC12. The monoisotopic (exact) mass is 459 g/mol. The molecule has 4 N–H and O–H groups in total. The Morgan fingerprint density at radius 3 is 2.59 bits per heavy atom. The van der Waals surface area contributed by atoms with Gasteiger partial charge in [-0.15, -0.1) is 0 Å². The Labute approximate surface area is 200 Å². The van der Waals surface area contributed by atoms with Gasteiger partial charge in [-0.2, -0.15) is 0 Å². The minimum Gasteiger partial charge on any atom is -0.317 e. The van der Waals surface area contributed by atoms with E-state index in [2.05, 4.69) is 51.8 Å². The summed E-state index contributed by atoms with van der Waals surface area (Å²) in [6.45, 7) is 2.71. The zero-order chi connectivity index (χ0) is 23.1. The molecule has 178 valence electrons. The number of hydrogen-bond acceptors (Lipinski definition) is 4. The second-order valence-electron chi connectivity index (χ2n) is 10.4. The van der Waals surface area contributed by atoms with E-state index in [4.69, 9.17) is 0 Å². The predicted octanol–water partition coefficient (Wildman–Crippen LogP) is 3.84. The molecule has 2 aromatic rings. The van der Waals surface area contributed by atoms with Crippen LogP contribution in [0.4, 0.5) is 16.2 Å². The highest BCUT2D eigenvalue weighted by atomic mass is 16.2. The quantitative estimate of drug-likeness (QED) is 0.550. The van der Waals surface area contributed by atoms with Gasteiger partial charge in [0.15, 0.2) is 0 Å². The molecule has 0 radical (unpaired) electrons. The minimum atomic E-state index is -0.0778. The lowest BCUT2D eigenvalue weighted by atomic mass is 9.72. The number of benzene rings is 2. The first-order valence-corrected chi connectivity index (χ1v) is 12.7. The Morgan fingerprint density at radius 1 is 1.00 bits per heavy atom. The van der Waals surface area contributed by atoms with Crippen LogP contribution in [0.25, 0.3) is 0 Å². The number of carbonyl (C=O) groups excluding carboxylic acids is 2. The summed E-state index contributed by atoms with van der Waals surface area (Å²) in [6.07, 6.45) is 6.45. The molecule has 7 heteroatoms. The van der Waals surface area contributed by atoms with E-state index in [9.17, 15) is 9.59 Å². The van der Waals surface area contributed by atoms with E-state index in [0.29, 0.717) is 5.92 Å². The fourth-order valence-corrected chi connectivity index (χ4v) is 6.67. The van der Waals surface area contributed by atoms with Crippen LogP contribution in [0, 0.1) is 11.8 Å². The Balaban J connectivity index is 1.18. The summed E-state index contributed by atoms with van der Waals surface area (Å²) >= 11 is 0. The van der Waals surface area contributed by atoms with Crippen LogP contribution >= 0.6 is 0 Å². The Bertz CT molecular complexity index is 1080. The molecule has 3 fully saturated rings. The molecule has 1 spiro atoms. The highest BCUT2D eigenvalue weighted by Gasteiger charge is 2.45. The molecule has 34 heavy (non-hydrogen) atoms. The molecule has 1 saturated carbocycles. The lowest BCUT2D eigenvalue weighted by Crippen LogP contribution is -2.55. The van der Waals surface area contributed by atoms with Crippen LogP contribution in [0.3, 0.4) is 0 Å². The van der Waals surface area contributed by atoms with E-state index in [1.165, 1.54) is 12.0 Å². The van der Waals surface area contributed by atoms with Gasteiger partial charge in [0.25, 0.3) is 0 Å². The van der Waals surface area contributed by atoms with Gasteiger partial charge in [-0.05, 0) is 74.0 Å². The number of anilines is 2. The normalized spacial score (nSPS) is 27.6. The largest absolute Gasteiger partial charge is 0.326 e. The third-order valence-corrected chi connectivity index (χ3v) is 8.49. The molecule has 0 bridgehead atoms. The molecular formula is C27H33N5O2. The summed E-state index contributed by atoms with van der Waals surface area (Å²) in [6, 6.07) is 16.5. The first-order chi connectivity index (χ1) is 16.6. The summed E-state index contributed by atoms with van der Waals surface area (Å²) in [7, 11) is 0. The second kappa shape index (κ2) is 8.71. The topological polar surface area (TPSA) is 85.5 Å². The fourth-order valence-electron chi connectivity index (χ4n) is 6.67. The molecular weight excluding hydrogens is 426 g/mol. The minimum absolute atomic E-state index is 0.0522. The summed E-state index contributed by atoms with van der Waals surface area (Å²) in [5.74, 6) is 0.546. The molecule has 3 unspecified atom stereocenters. The van der Waals surface area contributed by atoms with E-state index in [-0.39, 0.29) is 29.3 Å². The van der Waals surface area contributed by atoms with Crippen molar-refractivity contribution in [3.05, 3.63) is 59.7 Å². The molecule has 2 aromatic carbocycles. The third kappa shape index (κ3) is 3.67. The molecule has 3 atom stereocenters. The maximum absolute atomic E-state index is 13.4. The van der Waals surface area contributed by atoms with E-state index in [0.717, 1.165) is 68.7 Å². The number of fused-ring (bicyclic) bond motifs is 3. The molecule has 3 aliphatic heterocycles. The van der Waals surface area contributed by atoms with Crippen molar-refractivity contribution in [2.75, 3.05) is 29.9 Å². The maximum Gasteiger partial charge on any atom is 0.326 e. The van der Waals surface area contributed by atoms with Crippen molar-refractivity contribution in [2.45, 2.75) is 50.0 Å². The van der Waals surface area contributed by atoms with Gasteiger partial charge < -0.3 is 10.6 Å². The number of carbonyl (C=O) groups is 2. The molecule has 1 aliphatic carbocycles. The molecule has 0 aromatic heterocycles. The lowest BCUT2D eigenvalue weighted by Gasteiger charge is -2.41. The number of amides is 3. The van der Waals surface area contributed by atoms with Gasteiger partial charge >= 0.3 is 6.03 Å². The van der Waals surface area contributed by atoms with Gasteiger partial charge in [-0.1, -0.05) is 43.2 Å². The average molecular weight is 460 g/mol. The highest BCUT2D eigenvalue weighted by molar-refractivity contribution is 6.03. The summed E-state index contributed by atoms with van der Waals surface area (Å²) in [5.41, 5.74) is 10.4. The van der Waals surface area contributed by atoms with Crippen molar-refractivity contribution in [2.24, 2.45) is 11.8 Å². The van der Waals surface area contributed by atoms with E-state index in [1.807, 2.05) is 23.1 Å². The van der Waals surface area contributed by atoms with Crippen molar-refractivity contribution in [1.29, 1.82) is 0 Å². The molecule has 3 amide bonds. The zero-order valence-electron chi connectivity index (χ0n) is 19.5. The van der Waals surface area contributed by atoms with Crippen molar-refractivity contribution in [3.63, 3.8) is 0 Å². The number of para-hydroxylation sites is 1. The Kier molecular flexibility index (Phi) is 5.54. The molecule has 3 heterocycles. The number of hydrazine groups is 1. The van der Waals surface area contributed by atoms with Crippen molar-refractivity contribution in [1.82, 2.24) is 16.2 Å². The number of urea groups is 1. The van der Waals surface area contributed by atoms with Crippen LogP contribution in [0.2, 0.25) is 0 Å². The van der Waals surface area contributed by atoms with Gasteiger partial charge in [0.1, 0.15) is 0 Å².